The Kier molecular flexibility index (Phi) is 8.41. The van der Waals surface area contributed by atoms with Gasteiger partial charge in [-0.2, -0.15) is 0 Å². The van der Waals surface area contributed by atoms with Gasteiger partial charge in [0.1, 0.15) is 5.75 Å². The maximum Gasteiger partial charge on any atom is 0.251 e. The van der Waals surface area contributed by atoms with Crippen molar-refractivity contribution in [1.82, 2.24) is 10.6 Å². The lowest BCUT2D eigenvalue weighted by Gasteiger charge is -2.15. The zero-order valence-corrected chi connectivity index (χ0v) is 18.3. The molecular weight excluding hydrogens is 404 g/mol. The fourth-order valence-corrected chi connectivity index (χ4v) is 3.31. The van der Waals surface area contributed by atoms with Gasteiger partial charge in [-0.3, -0.25) is 9.59 Å². The van der Waals surface area contributed by atoms with Gasteiger partial charge in [-0.05, 0) is 55.3 Å². The molecule has 0 aliphatic carbocycles. The number of unbranched alkanes of at least 4 members (excludes halogenated alkanes) is 1. The standard InChI is InChI=1S/C22H28N2O5S/c1-4-5-14-29-19-10-6-18(7-11-19)22(26)23-15-21(25)24-16(2)17-8-12-20(13-9-17)30(3,27)28/h6-13,16H,4-5,14-15H2,1-3H3,(H,23,26)(H,24,25)/t16-/m1/s1. The van der Waals surface area contributed by atoms with E-state index in [1.807, 2.05) is 0 Å². The molecule has 2 amide bonds. The van der Waals surface area contributed by atoms with Crippen molar-refractivity contribution >= 4 is 21.7 Å². The second-order valence-corrected chi connectivity index (χ2v) is 9.06. The Bertz CT molecular complexity index is 954. The van der Waals surface area contributed by atoms with E-state index < -0.39 is 9.84 Å². The van der Waals surface area contributed by atoms with Crippen molar-refractivity contribution in [2.24, 2.45) is 0 Å². The topological polar surface area (TPSA) is 102 Å². The highest BCUT2D eigenvalue weighted by atomic mass is 32.2. The number of nitrogens with one attached hydrogen (secondary N) is 2. The Morgan fingerprint density at radius 2 is 1.67 bits per heavy atom. The highest BCUT2D eigenvalue weighted by Gasteiger charge is 2.13. The molecular formula is C22H28N2O5S. The minimum Gasteiger partial charge on any atom is -0.494 e. The molecule has 0 radical (unpaired) electrons. The van der Waals surface area contributed by atoms with Crippen molar-refractivity contribution < 1.29 is 22.7 Å². The van der Waals surface area contributed by atoms with Crippen LogP contribution in [0.3, 0.4) is 0 Å². The van der Waals surface area contributed by atoms with Crippen LogP contribution >= 0.6 is 0 Å². The molecule has 30 heavy (non-hydrogen) atoms. The highest BCUT2D eigenvalue weighted by Crippen LogP contribution is 2.16. The molecule has 7 nitrogen and oxygen atoms in total. The molecule has 0 bridgehead atoms. The molecule has 0 saturated carbocycles. The van der Waals surface area contributed by atoms with E-state index in [1.165, 1.54) is 12.1 Å². The summed E-state index contributed by atoms with van der Waals surface area (Å²) in [6, 6.07) is 12.8. The third-order valence-corrected chi connectivity index (χ3v) is 5.61. The monoisotopic (exact) mass is 432 g/mol. The van der Waals surface area contributed by atoms with E-state index in [0.29, 0.717) is 17.9 Å². The van der Waals surface area contributed by atoms with Gasteiger partial charge in [0.05, 0.1) is 24.1 Å². The van der Waals surface area contributed by atoms with Crippen LogP contribution in [0.15, 0.2) is 53.4 Å². The summed E-state index contributed by atoms with van der Waals surface area (Å²) in [4.78, 5) is 24.6. The van der Waals surface area contributed by atoms with Gasteiger partial charge in [0.2, 0.25) is 5.91 Å². The van der Waals surface area contributed by atoms with Crippen molar-refractivity contribution in [1.29, 1.82) is 0 Å². The Hall–Kier alpha value is -2.87. The van der Waals surface area contributed by atoms with Gasteiger partial charge >= 0.3 is 0 Å². The van der Waals surface area contributed by atoms with Gasteiger partial charge in [-0.15, -0.1) is 0 Å². The molecule has 0 saturated heterocycles. The molecule has 2 rings (SSSR count). The van der Waals surface area contributed by atoms with Gasteiger partial charge in [0.25, 0.3) is 5.91 Å². The van der Waals surface area contributed by atoms with E-state index in [1.54, 1.807) is 43.3 Å². The van der Waals surface area contributed by atoms with Gasteiger partial charge in [-0.1, -0.05) is 25.5 Å². The minimum absolute atomic E-state index is 0.167. The number of benzene rings is 2. The molecule has 0 aliphatic heterocycles. The summed E-state index contributed by atoms with van der Waals surface area (Å²) in [5, 5.41) is 5.36. The van der Waals surface area contributed by atoms with Crippen molar-refractivity contribution in [2.45, 2.75) is 37.6 Å². The molecule has 0 heterocycles. The quantitative estimate of drug-likeness (QED) is 0.562. The summed E-state index contributed by atoms with van der Waals surface area (Å²) in [7, 11) is -3.26. The molecule has 0 unspecified atom stereocenters. The summed E-state index contributed by atoms with van der Waals surface area (Å²) >= 11 is 0. The van der Waals surface area contributed by atoms with Crippen LogP contribution in [0, 0.1) is 0 Å². The molecule has 8 heteroatoms. The van der Waals surface area contributed by atoms with Gasteiger partial charge in [-0.25, -0.2) is 8.42 Å². The van der Waals surface area contributed by atoms with Gasteiger partial charge < -0.3 is 15.4 Å². The molecule has 2 aromatic carbocycles. The Labute approximate surface area is 177 Å². The normalized spacial score (nSPS) is 12.1. The number of carbonyl (C=O) groups excluding carboxylic acids is 2. The molecule has 0 spiro atoms. The predicted octanol–water partition coefficient (Wildman–Crippen LogP) is 2.88. The molecule has 0 aromatic heterocycles. The average Bonchev–Trinajstić information content (AvgIpc) is 2.72. The number of hydrogen-bond acceptors (Lipinski definition) is 5. The third kappa shape index (κ3) is 7.18. The van der Waals surface area contributed by atoms with Crippen LogP contribution in [0.4, 0.5) is 0 Å². The number of rotatable bonds is 10. The number of ether oxygens (including phenoxy) is 1. The van der Waals surface area contributed by atoms with Crippen LogP contribution in [0.1, 0.15) is 48.7 Å². The fourth-order valence-electron chi connectivity index (χ4n) is 2.68. The van der Waals surface area contributed by atoms with E-state index in [9.17, 15) is 18.0 Å². The third-order valence-electron chi connectivity index (χ3n) is 4.48. The van der Waals surface area contributed by atoms with Crippen LogP contribution in [-0.2, 0) is 14.6 Å². The Morgan fingerprint density at radius 1 is 1.03 bits per heavy atom. The summed E-state index contributed by atoms with van der Waals surface area (Å²) in [6.45, 7) is 4.34. The maximum atomic E-state index is 12.2. The Balaban J connectivity index is 1.82. The van der Waals surface area contributed by atoms with Crippen LogP contribution in [0.25, 0.3) is 0 Å². The SMILES string of the molecule is CCCCOc1ccc(C(=O)NCC(=O)N[C@H](C)c2ccc(S(C)(=O)=O)cc2)cc1. The summed E-state index contributed by atoms with van der Waals surface area (Å²) in [5.74, 6) is 0.00596. The maximum absolute atomic E-state index is 12.2. The molecule has 2 aromatic rings. The number of carbonyl (C=O) groups is 2. The second kappa shape index (κ2) is 10.8. The van der Waals surface area contributed by atoms with E-state index in [2.05, 4.69) is 17.6 Å². The van der Waals surface area contributed by atoms with E-state index in [0.717, 1.165) is 24.7 Å². The summed E-state index contributed by atoms with van der Waals surface area (Å²) in [5.41, 5.74) is 1.20. The molecule has 0 fully saturated rings. The molecule has 162 valence electrons. The largest absolute Gasteiger partial charge is 0.494 e. The molecule has 2 N–H and O–H groups in total. The predicted molar refractivity (Wildman–Crippen MR) is 115 cm³/mol. The summed E-state index contributed by atoms with van der Waals surface area (Å²) < 4.78 is 28.6. The van der Waals surface area contributed by atoms with Crippen LogP contribution in [0.5, 0.6) is 5.75 Å². The van der Waals surface area contributed by atoms with Crippen LogP contribution in [0.2, 0.25) is 0 Å². The zero-order chi connectivity index (χ0) is 22.1. The first kappa shape index (κ1) is 23.4. The lowest BCUT2D eigenvalue weighted by Crippen LogP contribution is -2.38. The average molecular weight is 433 g/mol. The highest BCUT2D eigenvalue weighted by molar-refractivity contribution is 7.90. The zero-order valence-electron chi connectivity index (χ0n) is 17.5. The lowest BCUT2D eigenvalue weighted by atomic mass is 10.1. The second-order valence-electron chi connectivity index (χ2n) is 7.04. The first-order valence-corrected chi connectivity index (χ1v) is 11.7. The van der Waals surface area contributed by atoms with Crippen LogP contribution < -0.4 is 15.4 Å². The molecule has 1 atom stereocenters. The minimum atomic E-state index is -3.26. The summed E-state index contributed by atoms with van der Waals surface area (Å²) in [6.07, 6.45) is 3.16. The molecule has 0 aliphatic rings. The van der Waals surface area contributed by atoms with Crippen LogP contribution in [-0.4, -0.2) is 39.6 Å². The Morgan fingerprint density at radius 3 is 2.23 bits per heavy atom. The fraction of sp³-hybridized carbons (Fsp3) is 0.364. The van der Waals surface area contributed by atoms with Gasteiger partial charge in [0, 0.05) is 11.8 Å². The lowest BCUT2D eigenvalue weighted by molar-refractivity contribution is -0.120. The number of amides is 2. The first-order valence-electron chi connectivity index (χ1n) is 9.81. The van der Waals surface area contributed by atoms with Gasteiger partial charge in [0.15, 0.2) is 9.84 Å². The van der Waals surface area contributed by atoms with Crippen molar-refractivity contribution in [2.75, 3.05) is 19.4 Å². The smallest absolute Gasteiger partial charge is 0.251 e. The van der Waals surface area contributed by atoms with E-state index in [-0.39, 0.29) is 29.3 Å². The van der Waals surface area contributed by atoms with Crippen molar-refractivity contribution in [3.05, 3.63) is 59.7 Å². The number of hydrogen-bond donors (Lipinski definition) is 2. The van der Waals surface area contributed by atoms with Crippen molar-refractivity contribution in [3.63, 3.8) is 0 Å². The first-order chi connectivity index (χ1) is 14.2. The van der Waals surface area contributed by atoms with E-state index >= 15 is 0 Å². The van der Waals surface area contributed by atoms with E-state index in [4.69, 9.17) is 4.74 Å². The van der Waals surface area contributed by atoms with Crippen molar-refractivity contribution in [3.8, 4) is 5.75 Å². The number of sulfone groups is 1.